The van der Waals surface area contributed by atoms with E-state index >= 15 is 0 Å². The van der Waals surface area contributed by atoms with Gasteiger partial charge < -0.3 is 11.5 Å². The van der Waals surface area contributed by atoms with Crippen molar-refractivity contribution in [3.63, 3.8) is 0 Å². The average molecular weight is 273 g/mol. The third kappa shape index (κ3) is 2.85. The molecule has 0 radical (unpaired) electrons. The summed E-state index contributed by atoms with van der Waals surface area (Å²) in [5, 5.41) is 8.27. The summed E-state index contributed by atoms with van der Waals surface area (Å²) >= 11 is 0. The number of rotatable bonds is 6. The second kappa shape index (κ2) is 6.29. The lowest BCUT2D eigenvalue weighted by Gasteiger charge is -2.07. The first-order valence-electron chi connectivity index (χ1n) is 6.71. The second-order valence-electron chi connectivity index (χ2n) is 4.61. The van der Waals surface area contributed by atoms with Crippen molar-refractivity contribution in [1.29, 1.82) is 0 Å². The summed E-state index contributed by atoms with van der Waals surface area (Å²) in [6.07, 6.45) is 3.03. The zero-order chi connectivity index (χ0) is 14.5. The molecule has 0 aliphatic carbocycles. The topological polar surface area (TPSA) is 99.8 Å². The number of carbonyl (C=O) groups is 1. The van der Waals surface area contributed by atoms with Crippen LogP contribution in [-0.2, 0) is 13.0 Å². The van der Waals surface area contributed by atoms with Crippen LogP contribution in [-0.4, -0.2) is 20.9 Å². The van der Waals surface area contributed by atoms with Gasteiger partial charge in [0.25, 0.3) is 0 Å². The van der Waals surface area contributed by atoms with Crippen molar-refractivity contribution in [2.24, 2.45) is 11.5 Å². The maximum Gasteiger partial charge on any atom is 0.248 e. The smallest absolute Gasteiger partial charge is 0.248 e. The van der Waals surface area contributed by atoms with Gasteiger partial charge in [0, 0.05) is 12.1 Å². The van der Waals surface area contributed by atoms with Crippen molar-refractivity contribution < 1.29 is 4.79 Å². The van der Waals surface area contributed by atoms with Crippen molar-refractivity contribution in [3.05, 3.63) is 41.2 Å². The molecule has 2 aromatic rings. The molecule has 4 N–H and O–H groups in total. The molecular weight excluding hydrogens is 254 g/mol. The molecular formula is C14H19N5O. The summed E-state index contributed by atoms with van der Waals surface area (Å²) in [6.45, 7) is 2.51. The molecule has 6 nitrogen and oxygen atoms in total. The summed E-state index contributed by atoms with van der Waals surface area (Å²) in [7, 11) is 0. The van der Waals surface area contributed by atoms with E-state index in [0.29, 0.717) is 12.1 Å². The van der Waals surface area contributed by atoms with Crippen LogP contribution in [0.3, 0.4) is 0 Å². The molecule has 0 atom stereocenters. The Morgan fingerprint density at radius 2 is 2.00 bits per heavy atom. The van der Waals surface area contributed by atoms with Crippen molar-refractivity contribution >= 4 is 5.91 Å². The minimum absolute atomic E-state index is 0.373. The summed E-state index contributed by atoms with van der Waals surface area (Å²) in [5.74, 6) is -0.441. The highest BCUT2D eigenvalue weighted by Gasteiger charge is 2.13. The van der Waals surface area contributed by atoms with Crippen molar-refractivity contribution in [1.82, 2.24) is 15.0 Å². The Morgan fingerprint density at radius 3 is 2.55 bits per heavy atom. The van der Waals surface area contributed by atoms with Crippen LogP contribution in [0, 0.1) is 0 Å². The number of aromatic nitrogens is 3. The Balaban J connectivity index is 2.36. The average Bonchev–Trinajstić information content (AvgIpc) is 2.88. The predicted molar refractivity (Wildman–Crippen MR) is 76.4 cm³/mol. The second-order valence-corrected chi connectivity index (χ2v) is 4.61. The number of carbonyl (C=O) groups excluding carboxylic acids is 1. The maximum atomic E-state index is 11.1. The predicted octanol–water partition coefficient (Wildman–Crippen LogP) is 1.17. The SMILES string of the molecule is CCCCc1c(CN)nnn1-c1ccc(C(N)=O)cc1. The van der Waals surface area contributed by atoms with Gasteiger partial charge in [0.1, 0.15) is 0 Å². The molecule has 1 aromatic carbocycles. The van der Waals surface area contributed by atoms with Crippen LogP contribution >= 0.6 is 0 Å². The third-order valence-corrected chi connectivity index (χ3v) is 3.20. The van der Waals surface area contributed by atoms with Crippen molar-refractivity contribution in [3.8, 4) is 5.69 Å². The number of amides is 1. The summed E-state index contributed by atoms with van der Waals surface area (Å²) in [4.78, 5) is 11.1. The van der Waals surface area contributed by atoms with Crippen LogP contribution in [0.5, 0.6) is 0 Å². The van der Waals surface area contributed by atoms with Gasteiger partial charge in [-0.1, -0.05) is 18.6 Å². The Kier molecular flexibility index (Phi) is 4.47. The van der Waals surface area contributed by atoms with Gasteiger partial charge in [0.15, 0.2) is 0 Å². The molecule has 1 heterocycles. The fraction of sp³-hybridized carbons (Fsp3) is 0.357. The molecule has 1 aromatic heterocycles. The minimum Gasteiger partial charge on any atom is -0.366 e. The van der Waals surface area contributed by atoms with Gasteiger partial charge in [-0.15, -0.1) is 5.10 Å². The first-order valence-corrected chi connectivity index (χ1v) is 6.71. The molecule has 0 bridgehead atoms. The number of nitrogens with two attached hydrogens (primary N) is 2. The van der Waals surface area contributed by atoms with Crippen molar-refractivity contribution in [2.75, 3.05) is 0 Å². The van der Waals surface area contributed by atoms with Gasteiger partial charge in [-0.3, -0.25) is 4.79 Å². The third-order valence-electron chi connectivity index (χ3n) is 3.20. The Hall–Kier alpha value is -2.21. The molecule has 106 valence electrons. The number of unbranched alkanes of at least 4 members (excludes halogenated alkanes) is 1. The van der Waals surface area contributed by atoms with Gasteiger partial charge >= 0.3 is 0 Å². The monoisotopic (exact) mass is 273 g/mol. The number of primary amides is 1. The van der Waals surface area contributed by atoms with Gasteiger partial charge in [-0.05, 0) is 37.1 Å². The molecule has 0 saturated carbocycles. The lowest BCUT2D eigenvalue weighted by Crippen LogP contribution is -2.11. The number of benzene rings is 1. The molecule has 0 saturated heterocycles. The van der Waals surface area contributed by atoms with E-state index in [0.717, 1.165) is 36.3 Å². The zero-order valence-electron chi connectivity index (χ0n) is 11.5. The molecule has 0 spiro atoms. The van der Waals surface area contributed by atoms with Gasteiger partial charge in [0.05, 0.1) is 17.1 Å². The lowest BCUT2D eigenvalue weighted by molar-refractivity contribution is 0.100. The number of hydrogen-bond acceptors (Lipinski definition) is 4. The molecule has 2 rings (SSSR count). The molecule has 6 heteroatoms. The summed E-state index contributed by atoms with van der Waals surface area (Å²) in [6, 6.07) is 6.99. The first-order chi connectivity index (χ1) is 9.67. The standard InChI is InChI=1S/C14H19N5O/c1-2-3-4-13-12(9-15)17-18-19(13)11-7-5-10(6-8-11)14(16)20/h5-8H,2-4,9,15H2,1H3,(H2,16,20). The maximum absolute atomic E-state index is 11.1. The largest absolute Gasteiger partial charge is 0.366 e. The zero-order valence-corrected chi connectivity index (χ0v) is 11.5. The summed E-state index contributed by atoms with van der Waals surface area (Å²) in [5.41, 5.74) is 14.1. The molecule has 0 aliphatic rings. The van der Waals surface area contributed by atoms with Crippen LogP contribution in [0.25, 0.3) is 5.69 Å². The lowest BCUT2D eigenvalue weighted by atomic mass is 10.1. The van der Waals surface area contributed by atoms with Crippen LogP contribution < -0.4 is 11.5 Å². The number of nitrogens with zero attached hydrogens (tertiary/aromatic N) is 3. The van der Waals surface area contributed by atoms with E-state index < -0.39 is 5.91 Å². The number of hydrogen-bond donors (Lipinski definition) is 2. The Bertz CT molecular complexity index is 588. The van der Waals surface area contributed by atoms with Crippen LogP contribution in [0.15, 0.2) is 24.3 Å². The van der Waals surface area contributed by atoms with E-state index in [-0.39, 0.29) is 0 Å². The van der Waals surface area contributed by atoms with E-state index in [9.17, 15) is 4.79 Å². The molecule has 0 unspecified atom stereocenters. The van der Waals surface area contributed by atoms with E-state index in [1.807, 2.05) is 12.1 Å². The first kappa shape index (κ1) is 14.2. The van der Waals surface area contributed by atoms with Gasteiger partial charge in [0.2, 0.25) is 5.91 Å². The van der Waals surface area contributed by atoms with Gasteiger partial charge in [-0.25, -0.2) is 4.68 Å². The molecule has 0 aliphatic heterocycles. The van der Waals surface area contributed by atoms with E-state index in [2.05, 4.69) is 17.2 Å². The van der Waals surface area contributed by atoms with Crippen LogP contribution in [0.2, 0.25) is 0 Å². The Labute approximate surface area is 117 Å². The normalized spacial score (nSPS) is 10.7. The highest BCUT2D eigenvalue weighted by Crippen LogP contribution is 2.16. The van der Waals surface area contributed by atoms with Crippen molar-refractivity contribution in [2.45, 2.75) is 32.7 Å². The highest BCUT2D eigenvalue weighted by atomic mass is 16.1. The molecule has 20 heavy (non-hydrogen) atoms. The fourth-order valence-electron chi connectivity index (χ4n) is 2.06. The molecule has 1 amide bonds. The van der Waals surface area contributed by atoms with Gasteiger partial charge in [-0.2, -0.15) is 0 Å². The minimum atomic E-state index is -0.441. The van der Waals surface area contributed by atoms with Crippen LogP contribution in [0.1, 0.15) is 41.5 Å². The molecule has 0 fully saturated rings. The fourth-order valence-corrected chi connectivity index (χ4v) is 2.06. The summed E-state index contributed by atoms with van der Waals surface area (Å²) < 4.78 is 1.78. The van der Waals surface area contributed by atoms with E-state index in [1.54, 1.807) is 16.8 Å². The quantitative estimate of drug-likeness (QED) is 0.825. The highest BCUT2D eigenvalue weighted by molar-refractivity contribution is 5.92. The Morgan fingerprint density at radius 1 is 1.30 bits per heavy atom. The van der Waals surface area contributed by atoms with E-state index in [1.165, 1.54) is 0 Å². The van der Waals surface area contributed by atoms with Crippen LogP contribution in [0.4, 0.5) is 0 Å². The van der Waals surface area contributed by atoms with E-state index in [4.69, 9.17) is 11.5 Å².